The lowest BCUT2D eigenvalue weighted by molar-refractivity contribution is 0.123. The molecular weight excluding hydrogens is 400 g/mol. The van der Waals surface area contributed by atoms with Crippen molar-refractivity contribution in [2.75, 3.05) is 21.3 Å². The Bertz CT molecular complexity index is 658. The lowest BCUT2D eigenvalue weighted by Gasteiger charge is -2.37. The van der Waals surface area contributed by atoms with Gasteiger partial charge >= 0.3 is 8.80 Å². The van der Waals surface area contributed by atoms with E-state index in [0.717, 1.165) is 18.5 Å². The van der Waals surface area contributed by atoms with Crippen molar-refractivity contribution in [1.82, 2.24) is 0 Å². The molecule has 2 aromatic rings. The van der Waals surface area contributed by atoms with Gasteiger partial charge in [-0.1, -0.05) is 60.7 Å². The largest absolute Gasteiger partial charge is 0.500 e. The highest BCUT2D eigenvalue weighted by atomic mass is 28.4. The normalized spacial score (nSPS) is 12.9. The van der Waals surface area contributed by atoms with Gasteiger partial charge in [-0.05, 0) is 42.5 Å². The summed E-state index contributed by atoms with van der Waals surface area (Å²) in [5.74, 6) is 0. The lowest BCUT2D eigenvalue weighted by atomic mass is 10.4. The molecule has 28 heavy (non-hydrogen) atoms. The van der Waals surface area contributed by atoms with Crippen molar-refractivity contribution < 1.29 is 17.4 Å². The molecule has 0 bridgehead atoms. The molecule has 154 valence electrons. The SMILES string of the molecule is CO[Si](CCC[Si](C)(C)O[Si](C)(c1ccccc1)c1ccccc1)(OC)OC. The van der Waals surface area contributed by atoms with E-state index in [1.807, 2.05) is 0 Å². The molecule has 0 atom stereocenters. The molecule has 7 heteroatoms. The quantitative estimate of drug-likeness (QED) is 0.503. The van der Waals surface area contributed by atoms with E-state index in [2.05, 4.69) is 80.3 Å². The molecule has 0 N–H and O–H groups in total. The van der Waals surface area contributed by atoms with Crippen molar-refractivity contribution >= 4 is 35.8 Å². The molecule has 0 radical (unpaired) electrons. The van der Waals surface area contributed by atoms with Gasteiger partial charge in [-0.15, -0.1) is 0 Å². The Kier molecular flexibility index (Phi) is 8.38. The van der Waals surface area contributed by atoms with Crippen LogP contribution in [0, 0.1) is 0 Å². The summed E-state index contributed by atoms with van der Waals surface area (Å²) >= 11 is 0. The van der Waals surface area contributed by atoms with Gasteiger partial charge in [-0.2, -0.15) is 0 Å². The highest BCUT2D eigenvalue weighted by Gasteiger charge is 2.42. The van der Waals surface area contributed by atoms with Crippen molar-refractivity contribution in [3.05, 3.63) is 60.7 Å². The Labute approximate surface area is 173 Å². The molecule has 0 aliphatic carbocycles. The zero-order valence-electron chi connectivity index (χ0n) is 18.0. The van der Waals surface area contributed by atoms with Crippen LogP contribution in [0.25, 0.3) is 0 Å². The summed E-state index contributed by atoms with van der Waals surface area (Å²) in [6, 6.07) is 23.3. The molecule has 0 unspecified atom stereocenters. The monoisotopic (exact) mass is 434 g/mol. The van der Waals surface area contributed by atoms with E-state index >= 15 is 0 Å². The summed E-state index contributed by atoms with van der Waals surface area (Å²) in [5.41, 5.74) is 0. The van der Waals surface area contributed by atoms with Gasteiger partial charge in [0.25, 0.3) is 0 Å². The molecule has 0 saturated heterocycles. The summed E-state index contributed by atoms with van der Waals surface area (Å²) in [5, 5.41) is 2.63. The van der Waals surface area contributed by atoms with Gasteiger partial charge in [0, 0.05) is 27.4 Å². The Morgan fingerprint density at radius 1 is 0.643 bits per heavy atom. The fraction of sp³-hybridized carbons (Fsp3) is 0.429. The minimum absolute atomic E-state index is 0.811. The van der Waals surface area contributed by atoms with Crippen LogP contribution < -0.4 is 10.4 Å². The molecule has 0 aliphatic rings. The summed E-state index contributed by atoms with van der Waals surface area (Å²) in [4.78, 5) is 0. The average molecular weight is 435 g/mol. The molecule has 0 fully saturated rings. The Balaban J connectivity index is 2.19. The van der Waals surface area contributed by atoms with E-state index in [1.54, 1.807) is 21.3 Å². The first-order valence-corrected chi connectivity index (χ1v) is 17.2. The van der Waals surface area contributed by atoms with Gasteiger partial charge < -0.3 is 17.4 Å². The van der Waals surface area contributed by atoms with E-state index in [9.17, 15) is 0 Å². The van der Waals surface area contributed by atoms with Crippen LogP contribution in [-0.4, -0.2) is 46.8 Å². The number of rotatable bonds is 11. The second-order valence-electron chi connectivity index (χ2n) is 7.78. The van der Waals surface area contributed by atoms with Crippen molar-refractivity contribution in [2.45, 2.75) is 38.2 Å². The first-order valence-electron chi connectivity index (χ1n) is 9.77. The van der Waals surface area contributed by atoms with E-state index < -0.39 is 25.4 Å². The molecule has 0 saturated carbocycles. The molecule has 0 spiro atoms. The van der Waals surface area contributed by atoms with Gasteiger partial charge in [-0.25, -0.2) is 0 Å². The molecule has 0 aliphatic heterocycles. The highest BCUT2D eigenvalue weighted by molar-refractivity contribution is 7.01. The maximum Gasteiger partial charge on any atom is 0.500 e. The average Bonchev–Trinajstić information content (AvgIpc) is 2.72. The van der Waals surface area contributed by atoms with Gasteiger partial charge in [0.05, 0.1) is 0 Å². The van der Waals surface area contributed by atoms with Crippen molar-refractivity contribution in [2.24, 2.45) is 0 Å². The van der Waals surface area contributed by atoms with Crippen molar-refractivity contribution in [3.63, 3.8) is 0 Å². The maximum absolute atomic E-state index is 7.08. The molecule has 4 nitrogen and oxygen atoms in total. The van der Waals surface area contributed by atoms with Crippen LogP contribution in [0.15, 0.2) is 60.7 Å². The van der Waals surface area contributed by atoms with E-state index in [0.29, 0.717) is 0 Å². The fourth-order valence-corrected chi connectivity index (χ4v) is 14.6. The second-order valence-corrected chi connectivity index (χ2v) is 18.9. The predicted octanol–water partition coefficient (Wildman–Crippen LogP) is 3.87. The molecule has 2 aromatic carbocycles. The number of hydrogen-bond donors (Lipinski definition) is 0. The third-order valence-electron chi connectivity index (χ3n) is 5.32. The molecule has 0 aromatic heterocycles. The van der Waals surface area contributed by atoms with Gasteiger partial charge in [0.1, 0.15) is 0 Å². The smallest absolute Gasteiger partial charge is 0.449 e. The van der Waals surface area contributed by atoms with Crippen LogP contribution in [0.3, 0.4) is 0 Å². The maximum atomic E-state index is 7.08. The molecule has 0 amide bonds. The minimum Gasteiger partial charge on any atom is -0.449 e. The minimum atomic E-state index is -2.53. The summed E-state index contributed by atoms with van der Waals surface area (Å²) in [6.07, 6.45) is 0.981. The third-order valence-corrected chi connectivity index (χ3v) is 16.4. The zero-order chi connectivity index (χ0) is 20.7. The van der Waals surface area contributed by atoms with E-state index in [-0.39, 0.29) is 0 Å². The van der Waals surface area contributed by atoms with Crippen LogP contribution in [0.5, 0.6) is 0 Å². The topological polar surface area (TPSA) is 36.9 Å². The van der Waals surface area contributed by atoms with Gasteiger partial charge in [0.15, 0.2) is 8.32 Å². The van der Waals surface area contributed by atoms with Crippen LogP contribution in [0.1, 0.15) is 6.42 Å². The van der Waals surface area contributed by atoms with Crippen LogP contribution in [-0.2, 0) is 17.4 Å². The van der Waals surface area contributed by atoms with Gasteiger partial charge in [-0.3, -0.25) is 0 Å². The summed E-state index contributed by atoms with van der Waals surface area (Å²) in [7, 11) is -1.71. The predicted molar refractivity (Wildman–Crippen MR) is 123 cm³/mol. The zero-order valence-corrected chi connectivity index (χ0v) is 21.0. The summed E-state index contributed by atoms with van der Waals surface area (Å²) < 4.78 is 23.8. The first-order chi connectivity index (χ1) is 13.3. The van der Waals surface area contributed by atoms with Crippen LogP contribution >= 0.6 is 0 Å². The number of benzene rings is 2. The van der Waals surface area contributed by atoms with Crippen LogP contribution in [0.4, 0.5) is 0 Å². The molecule has 0 heterocycles. The Hall–Kier alpha value is -1.07. The highest BCUT2D eigenvalue weighted by Crippen LogP contribution is 2.24. The van der Waals surface area contributed by atoms with Crippen molar-refractivity contribution in [3.8, 4) is 0 Å². The Morgan fingerprint density at radius 3 is 1.46 bits per heavy atom. The second kappa shape index (κ2) is 10.1. The van der Waals surface area contributed by atoms with Crippen LogP contribution in [0.2, 0.25) is 31.7 Å². The fourth-order valence-electron chi connectivity index (χ4n) is 3.69. The number of hydrogen-bond acceptors (Lipinski definition) is 4. The van der Waals surface area contributed by atoms with E-state index in [4.69, 9.17) is 17.4 Å². The molecule has 2 rings (SSSR count). The summed E-state index contributed by atoms with van der Waals surface area (Å²) in [6.45, 7) is 6.96. The van der Waals surface area contributed by atoms with Gasteiger partial charge in [0.2, 0.25) is 8.32 Å². The molecular formula is C21H34O4Si3. The van der Waals surface area contributed by atoms with E-state index in [1.165, 1.54) is 10.4 Å². The Morgan fingerprint density at radius 2 is 1.07 bits per heavy atom. The lowest BCUT2D eigenvalue weighted by Crippen LogP contribution is -2.62. The first kappa shape index (κ1) is 23.2. The standard InChI is InChI=1S/C21H34O4Si3/c1-22-28(23-2,24-3)19-13-18-26(4,5)25-27(6,20-14-9-7-10-15-20)21-16-11-8-12-17-21/h7-12,14-17H,13,18-19H2,1-6H3. The third kappa shape index (κ3) is 5.73. The van der Waals surface area contributed by atoms with Crippen molar-refractivity contribution in [1.29, 1.82) is 0 Å².